The lowest BCUT2D eigenvalue weighted by molar-refractivity contribution is 0.297. The first kappa shape index (κ1) is 17.3. The zero-order chi connectivity index (χ0) is 18.6. The summed E-state index contributed by atoms with van der Waals surface area (Å²) in [4.78, 5) is 12.3. The molecule has 0 fully saturated rings. The van der Waals surface area contributed by atoms with E-state index in [0.29, 0.717) is 19.8 Å². The maximum absolute atomic E-state index is 12.3. The molecule has 5 nitrogen and oxygen atoms in total. The summed E-state index contributed by atoms with van der Waals surface area (Å²) in [5, 5.41) is 4.56. The van der Waals surface area contributed by atoms with Crippen LogP contribution in [-0.2, 0) is 13.0 Å². The van der Waals surface area contributed by atoms with Gasteiger partial charge in [-0.25, -0.2) is 4.68 Å². The van der Waals surface area contributed by atoms with Crippen LogP contribution >= 0.6 is 0 Å². The van der Waals surface area contributed by atoms with Gasteiger partial charge in [-0.3, -0.25) is 4.79 Å². The molecule has 3 aromatic rings. The maximum atomic E-state index is 12.3. The third kappa shape index (κ3) is 3.87. The molecule has 4 rings (SSSR count). The molecule has 1 aliphatic rings. The molecule has 0 aliphatic carbocycles. The first-order chi connectivity index (χ1) is 13.2. The predicted octanol–water partition coefficient (Wildman–Crippen LogP) is 3.68. The second kappa shape index (κ2) is 7.66. The van der Waals surface area contributed by atoms with Crippen LogP contribution in [0, 0.1) is 0 Å². The molecule has 0 radical (unpaired) electrons. The number of hydrogen-bond donors (Lipinski definition) is 0. The third-order valence-electron chi connectivity index (χ3n) is 4.67. The Morgan fingerprint density at radius 1 is 0.926 bits per heavy atom. The Morgan fingerprint density at radius 2 is 1.67 bits per heavy atom. The molecule has 0 spiro atoms. The molecule has 0 N–H and O–H groups in total. The van der Waals surface area contributed by atoms with E-state index in [1.807, 2.05) is 30.3 Å². The van der Waals surface area contributed by atoms with Crippen molar-refractivity contribution in [3.8, 4) is 22.8 Å². The third-order valence-corrected chi connectivity index (χ3v) is 4.67. The van der Waals surface area contributed by atoms with Crippen LogP contribution in [0.25, 0.3) is 11.3 Å². The van der Waals surface area contributed by atoms with Crippen LogP contribution in [0.5, 0.6) is 11.5 Å². The van der Waals surface area contributed by atoms with Crippen molar-refractivity contribution in [1.29, 1.82) is 0 Å². The number of aryl methyl sites for hydroxylation is 1. The van der Waals surface area contributed by atoms with Crippen LogP contribution in [0.3, 0.4) is 0 Å². The fourth-order valence-corrected chi connectivity index (χ4v) is 3.09. The summed E-state index contributed by atoms with van der Waals surface area (Å²) in [6.07, 6.45) is 1.86. The highest BCUT2D eigenvalue weighted by Crippen LogP contribution is 2.33. The molecular weight excluding hydrogens is 340 g/mol. The highest BCUT2D eigenvalue weighted by atomic mass is 16.5. The Hall–Kier alpha value is -3.08. The standard InChI is InChI=1S/C22H22N2O3/c1-2-16-4-6-17(7-5-16)15-24-22(25)11-9-19(23-24)18-8-10-20-21(14-18)27-13-3-12-26-20/h4-11,14H,2-3,12-13,15H2,1H3. The molecule has 2 heterocycles. The minimum Gasteiger partial charge on any atom is -0.490 e. The van der Waals surface area contributed by atoms with Gasteiger partial charge in [-0.1, -0.05) is 31.2 Å². The zero-order valence-electron chi connectivity index (χ0n) is 15.4. The highest BCUT2D eigenvalue weighted by Gasteiger charge is 2.12. The number of aromatic nitrogens is 2. The van der Waals surface area contributed by atoms with Gasteiger partial charge in [0.2, 0.25) is 0 Å². The van der Waals surface area contributed by atoms with Gasteiger partial charge in [0, 0.05) is 18.1 Å². The van der Waals surface area contributed by atoms with Crippen LogP contribution in [0.15, 0.2) is 59.4 Å². The smallest absolute Gasteiger partial charge is 0.267 e. The van der Waals surface area contributed by atoms with Gasteiger partial charge in [-0.15, -0.1) is 0 Å². The summed E-state index contributed by atoms with van der Waals surface area (Å²) < 4.78 is 12.9. The lowest BCUT2D eigenvalue weighted by Crippen LogP contribution is -2.22. The van der Waals surface area contributed by atoms with Gasteiger partial charge in [0.1, 0.15) is 0 Å². The molecule has 1 aliphatic heterocycles. The van der Waals surface area contributed by atoms with Gasteiger partial charge in [-0.05, 0) is 41.8 Å². The van der Waals surface area contributed by atoms with Crippen LogP contribution in [-0.4, -0.2) is 23.0 Å². The SMILES string of the molecule is CCc1ccc(Cn2nc(-c3ccc4c(c3)OCCCO4)ccc2=O)cc1. The predicted molar refractivity (Wildman–Crippen MR) is 104 cm³/mol. The number of benzene rings is 2. The van der Waals surface area contributed by atoms with Crippen LogP contribution in [0.4, 0.5) is 0 Å². The normalized spacial score (nSPS) is 13.2. The Balaban J connectivity index is 1.63. The second-order valence-electron chi connectivity index (χ2n) is 6.60. The summed E-state index contributed by atoms with van der Waals surface area (Å²) in [6.45, 7) is 3.87. The molecule has 0 saturated heterocycles. The molecule has 0 amide bonds. The molecule has 27 heavy (non-hydrogen) atoms. The fourth-order valence-electron chi connectivity index (χ4n) is 3.09. The molecule has 0 atom stereocenters. The molecule has 0 bridgehead atoms. The zero-order valence-corrected chi connectivity index (χ0v) is 15.4. The summed E-state index contributed by atoms with van der Waals surface area (Å²) in [5.41, 5.74) is 3.84. The Morgan fingerprint density at radius 3 is 2.44 bits per heavy atom. The van der Waals surface area contributed by atoms with Crippen molar-refractivity contribution in [2.45, 2.75) is 26.3 Å². The van der Waals surface area contributed by atoms with Crippen molar-refractivity contribution in [3.05, 3.63) is 76.1 Å². The fraction of sp³-hybridized carbons (Fsp3) is 0.273. The Kier molecular flexibility index (Phi) is 4.92. The van der Waals surface area contributed by atoms with Gasteiger partial charge in [-0.2, -0.15) is 5.10 Å². The number of hydrogen-bond acceptors (Lipinski definition) is 4. The van der Waals surface area contributed by atoms with Gasteiger partial charge in [0.15, 0.2) is 11.5 Å². The van der Waals surface area contributed by atoms with E-state index in [9.17, 15) is 4.79 Å². The number of nitrogens with zero attached hydrogens (tertiary/aromatic N) is 2. The van der Waals surface area contributed by atoms with E-state index < -0.39 is 0 Å². The average Bonchev–Trinajstić information content (AvgIpc) is 2.95. The summed E-state index contributed by atoms with van der Waals surface area (Å²) >= 11 is 0. The van der Waals surface area contributed by atoms with Crippen molar-refractivity contribution in [2.24, 2.45) is 0 Å². The Labute approximate surface area is 158 Å². The van der Waals surface area contributed by atoms with E-state index in [1.54, 1.807) is 12.1 Å². The lowest BCUT2D eigenvalue weighted by atomic mass is 10.1. The first-order valence-electron chi connectivity index (χ1n) is 9.29. The van der Waals surface area contributed by atoms with Gasteiger partial charge >= 0.3 is 0 Å². The van der Waals surface area contributed by atoms with E-state index in [1.165, 1.54) is 10.2 Å². The molecule has 0 saturated carbocycles. The molecule has 2 aromatic carbocycles. The number of fused-ring (bicyclic) bond motifs is 1. The number of rotatable bonds is 4. The van der Waals surface area contributed by atoms with E-state index in [0.717, 1.165) is 41.2 Å². The second-order valence-corrected chi connectivity index (χ2v) is 6.60. The summed E-state index contributed by atoms with van der Waals surface area (Å²) in [6, 6.07) is 17.4. The summed E-state index contributed by atoms with van der Waals surface area (Å²) in [5.74, 6) is 1.47. The topological polar surface area (TPSA) is 53.4 Å². The molecule has 5 heteroatoms. The summed E-state index contributed by atoms with van der Waals surface area (Å²) in [7, 11) is 0. The van der Waals surface area contributed by atoms with E-state index in [2.05, 4.69) is 24.2 Å². The maximum Gasteiger partial charge on any atom is 0.267 e. The van der Waals surface area contributed by atoms with Crippen molar-refractivity contribution in [2.75, 3.05) is 13.2 Å². The monoisotopic (exact) mass is 362 g/mol. The minimum absolute atomic E-state index is 0.118. The van der Waals surface area contributed by atoms with E-state index in [4.69, 9.17) is 9.47 Å². The van der Waals surface area contributed by atoms with Crippen LogP contribution in [0.1, 0.15) is 24.5 Å². The molecule has 138 valence electrons. The largest absolute Gasteiger partial charge is 0.490 e. The van der Waals surface area contributed by atoms with Crippen LogP contribution < -0.4 is 15.0 Å². The average molecular weight is 362 g/mol. The quantitative estimate of drug-likeness (QED) is 0.710. The number of ether oxygens (including phenoxy) is 2. The van der Waals surface area contributed by atoms with Gasteiger partial charge in [0.25, 0.3) is 5.56 Å². The Bertz CT molecular complexity index is 993. The van der Waals surface area contributed by atoms with Crippen molar-refractivity contribution < 1.29 is 9.47 Å². The van der Waals surface area contributed by atoms with E-state index in [-0.39, 0.29) is 5.56 Å². The van der Waals surface area contributed by atoms with Gasteiger partial charge in [0.05, 0.1) is 25.5 Å². The van der Waals surface area contributed by atoms with E-state index >= 15 is 0 Å². The van der Waals surface area contributed by atoms with Crippen molar-refractivity contribution >= 4 is 0 Å². The minimum atomic E-state index is -0.118. The van der Waals surface area contributed by atoms with Crippen LogP contribution in [0.2, 0.25) is 0 Å². The van der Waals surface area contributed by atoms with Gasteiger partial charge < -0.3 is 9.47 Å². The first-order valence-corrected chi connectivity index (χ1v) is 9.29. The highest BCUT2D eigenvalue weighted by molar-refractivity contribution is 5.63. The molecule has 1 aromatic heterocycles. The molecule has 0 unspecified atom stereocenters. The lowest BCUT2D eigenvalue weighted by Gasteiger charge is -2.11. The molecular formula is C22H22N2O3. The van der Waals surface area contributed by atoms with Crippen molar-refractivity contribution in [1.82, 2.24) is 9.78 Å². The van der Waals surface area contributed by atoms with Crippen molar-refractivity contribution in [3.63, 3.8) is 0 Å².